The van der Waals surface area contributed by atoms with Crippen molar-refractivity contribution in [3.8, 4) is 0 Å². The Morgan fingerprint density at radius 2 is 2.00 bits per heavy atom. The monoisotopic (exact) mass is 107 g/mol. The molecule has 0 radical (unpaired) electrons. The molecule has 0 heterocycles. The van der Waals surface area contributed by atoms with Gasteiger partial charge in [-0.2, -0.15) is 12.6 Å². The third-order valence-electron chi connectivity index (χ3n) is 0.156. The Labute approximate surface area is 43.1 Å². The Morgan fingerprint density at radius 3 is 2.00 bits per heavy atom. The summed E-state index contributed by atoms with van der Waals surface area (Å²) in [6.07, 6.45) is 0. The first-order chi connectivity index (χ1) is 2.27. The maximum absolute atomic E-state index is 9.51. The van der Waals surface area contributed by atoms with Crippen molar-refractivity contribution in [2.75, 3.05) is 5.75 Å². The van der Waals surface area contributed by atoms with Crippen LogP contribution < -0.4 is 5.73 Å². The Kier molecular flexibility index (Phi) is 7.44. The van der Waals surface area contributed by atoms with Crippen molar-refractivity contribution in [3.63, 3.8) is 0 Å². The van der Waals surface area contributed by atoms with E-state index < -0.39 is 0 Å². The van der Waals surface area contributed by atoms with Gasteiger partial charge in [0.05, 0.1) is 5.75 Å². The number of carbonyl (C=O) groups is 1. The van der Waals surface area contributed by atoms with Gasteiger partial charge in [-0.1, -0.05) is 7.43 Å². The number of amides is 1. The van der Waals surface area contributed by atoms with Crippen LogP contribution in [0.3, 0.4) is 0 Å². The molecule has 0 atom stereocenters. The highest BCUT2D eigenvalue weighted by Gasteiger charge is 1.78. The van der Waals surface area contributed by atoms with Crippen LogP contribution in [0.4, 0.5) is 0 Å². The molecular formula is C3H9NOS. The Morgan fingerprint density at radius 1 is 1.83 bits per heavy atom. The lowest BCUT2D eigenvalue weighted by molar-refractivity contribution is -0.115. The van der Waals surface area contributed by atoms with Gasteiger partial charge in [0.15, 0.2) is 0 Å². The average molecular weight is 107 g/mol. The highest BCUT2D eigenvalue weighted by atomic mass is 32.1. The van der Waals surface area contributed by atoms with Gasteiger partial charge in [0.2, 0.25) is 5.91 Å². The van der Waals surface area contributed by atoms with Gasteiger partial charge in [-0.15, -0.1) is 0 Å². The molecule has 0 spiro atoms. The molecule has 0 bridgehead atoms. The smallest absolute Gasteiger partial charge is 0.227 e. The van der Waals surface area contributed by atoms with Gasteiger partial charge in [-0.05, 0) is 0 Å². The van der Waals surface area contributed by atoms with Gasteiger partial charge in [-0.3, -0.25) is 4.79 Å². The van der Waals surface area contributed by atoms with E-state index in [2.05, 4.69) is 18.4 Å². The second kappa shape index (κ2) is 4.82. The third-order valence-corrected chi connectivity index (χ3v) is 0.468. The van der Waals surface area contributed by atoms with Crippen LogP contribution in [0.25, 0.3) is 0 Å². The molecule has 0 rings (SSSR count). The van der Waals surface area contributed by atoms with Gasteiger partial charge in [0.1, 0.15) is 0 Å². The van der Waals surface area contributed by atoms with Crippen LogP contribution in [0.5, 0.6) is 0 Å². The Balaban J connectivity index is 0. The molecule has 2 nitrogen and oxygen atoms in total. The topological polar surface area (TPSA) is 43.1 Å². The van der Waals surface area contributed by atoms with Crippen LogP contribution in [-0.2, 0) is 4.79 Å². The molecule has 0 aliphatic rings. The zero-order valence-corrected chi connectivity index (χ0v) is 3.53. The van der Waals surface area contributed by atoms with Crippen molar-refractivity contribution in [2.24, 2.45) is 5.73 Å². The van der Waals surface area contributed by atoms with Crippen molar-refractivity contribution in [3.05, 3.63) is 0 Å². The van der Waals surface area contributed by atoms with E-state index in [0.717, 1.165) is 0 Å². The predicted octanol–water partition coefficient (Wildman–Crippen LogP) is 0.0376. The second-order valence-corrected chi connectivity index (χ2v) is 0.941. The Bertz CT molecular complexity index is 46.1. The van der Waals surface area contributed by atoms with E-state index in [1.807, 2.05) is 0 Å². The summed E-state index contributed by atoms with van der Waals surface area (Å²) in [6.45, 7) is 0. The fraction of sp³-hybridized carbons (Fsp3) is 0.667. The van der Waals surface area contributed by atoms with E-state index in [9.17, 15) is 4.79 Å². The minimum absolute atomic E-state index is 0. The quantitative estimate of drug-likeness (QED) is 0.456. The summed E-state index contributed by atoms with van der Waals surface area (Å²) in [7, 11) is 0. The molecule has 6 heavy (non-hydrogen) atoms. The largest absolute Gasteiger partial charge is 0.369 e. The van der Waals surface area contributed by atoms with Gasteiger partial charge >= 0.3 is 0 Å². The number of primary amides is 1. The van der Waals surface area contributed by atoms with Crippen LogP contribution in [0.2, 0.25) is 0 Å². The summed E-state index contributed by atoms with van der Waals surface area (Å²) in [6, 6.07) is 0. The molecule has 1 amide bonds. The number of hydrogen-bond donors (Lipinski definition) is 2. The summed E-state index contributed by atoms with van der Waals surface area (Å²) >= 11 is 3.54. The lowest BCUT2D eigenvalue weighted by Gasteiger charge is -1.72. The normalized spacial score (nSPS) is 6.17. The molecule has 0 aliphatic carbocycles. The molecule has 0 aromatic heterocycles. The van der Waals surface area contributed by atoms with Gasteiger partial charge in [0, 0.05) is 0 Å². The zero-order chi connectivity index (χ0) is 4.28. The first-order valence-electron chi connectivity index (χ1n) is 1.16. The number of thiol groups is 1. The predicted molar refractivity (Wildman–Crippen MR) is 29.8 cm³/mol. The number of rotatable bonds is 1. The minimum atomic E-state index is -0.381. The fourth-order valence-corrected chi connectivity index (χ4v) is 0. The van der Waals surface area contributed by atoms with E-state index in [-0.39, 0.29) is 19.1 Å². The molecule has 2 N–H and O–H groups in total. The molecular weight excluding hydrogens is 98.1 g/mol. The van der Waals surface area contributed by atoms with E-state index in [4.69, 9.17) is 0 Å². The van der Waals surface area contributed by atoms with E-state index in [0.29, 0.717) is 0 Å². The van der Waals surface area contributed by atoms with E-state index in [1.54, 1.807) is 0 Å². The number of carbonyl (C=O) groups excluding carboxylic acids is 1. The molecule has 0 unspecified atom stereocenters. The molecule has 0 fully saturated rings. The van der Waals surface area contributed by atoms with Crippen LogP contribution >= 0.6 is 12.6 Å². The van der Waals surface area contributed by atoms with E-state index >= 15 is 0 Å². The van der Waals surface area contributed by atoms with Crippen molar-refractivity contribution >= 4 is 18.5 Å². The minimum Gasteiger partial charge on any atom is -0.369 e. The van der Waals surface area contributed by atoms with Crippen LogP contribution in [-0.4, -0.2) is 11.7 Å². The summed E-state index contributed by atoms with van der Waals surface area (Å²) in [5.74, 6) is -0.242. The molecule has 0 saturated heterocycles. The number of hydrogen-bond acceptors (Lipinski definition) is 2. The first kappa shape index (κ1) is 9.27. The Hall–Kier alpha value is -0.180. The summed E-state index contributed by atoms with van der Waals surface area (Å²) in [4.78, 5) is 9.51. The lowest BCUT2D eigenvalue weighted by Crippen LogP contribution is -2.10. The molecule has 3 heteroatoms. The molecule has 0 aliphatic heterocycles. The summed E-state index contributed by atoms with van der Waals surface area (Å²) in [5.41, 5.74) is 4.58. The van der Waals surface area contributed by atoms with Crippen LogP contribution in [0, 0.1) is 0 Å². The zero-order valence-electron chi connectivity index (χ0n) is 2.64. The molecule has 0 saturated carbocycles. The van der Waals surface area contributed by atoms with Gasteiger partial charge in [0.25, 0.3) is 0 Å². The molecule has 0 aromatic carbocycles. The highest BCUT2D eigenvalue weighted by molar-refractivity contribution is 7.81. The maximum atomic E-state index is 9.51. The summed E-state index contributed by atoms with van der Waals surface area (Å²) < 4.78 is 0. The lowest BCUT2D eigenvalue weighted by atomic mass is 10.8. The number of nitrogens with two attached hydrogens (primary N) is 1. The summed E-state index contributed by atoms with van der Waals surface area (Å²) in [5, 5.41) is 0. The maximum Gasteiger partial charge on any atom is 0.227 e. The molecule has 38 valence electrons. The van der Waals surface area contributed by atoms with Gasteiger partial charge in [-0.25, -0.2) is 0 Å². The second-order valence-electron chi connectivity index (χ2n) is 0.624. The van der Waals surface area contributed by atoms with Crippen molar-refractivity contribution in [2.45, 2.75) is 7.43 Å². The van der Waals surface area contributed by atoms with Crippen molar-refractivity contribution in [1.29, 1.82) is 0 Å². The fourth-order valence-electron chi connectivity index (χ4n) is 0. The standard InChI is InChI=1S/C2H5NOS.CH4/c3-2(4)1-5;/h5H,1H2,(H2,3,4);1H4. The van der Waals surface area contributed by atoms with E-state index in [1.165, 1.54) is 0 Å². The van der Waals surface area contributed by atoms with Crippen LogP contribution in [0.15, 0.2) is 0 Å². The van der Waals surface area contributed by atoms with Crippen LogP contribution in [0.1, 0.15) is 7.43 Å². The highest BCUT2D eigenvalue weighted by Crippen LogP contribution is 1.63. The average Bonchev–Trinajstić information content (AvgIpc) is 1.38. The van der Waals surface area contributed by atoms with Gasteiger partial charge < -0.3 is 5.73 Å². The van der Waals surface area contributed by atoms with Crippen molar-refractivity contribution < 1.29 is 4.79 Å². The third kappa shape index (κ3) is 9.17. The molecule has 0 aromatic rings. The SMILES string of the molecule is C.NC(=O)CS. The van der Waals surface area contributed by atoms with Crippen molar-refractivity contribution in [1.82, 2.24) is 0 Å². The first-order valence-corrected chi connectivity index (χ1v) is 1.80.